The van der Waals surface area contributed by atoms with Crippen molar-refractivity contribution in [1.82, 2.24) is 15.6 Å². The average Bonchev–Trinajstić information content (AvgIpc) is 3.08. The molecule has 0 unspecified atom stereocenters. The number of carbonyl (C=O) groups is 4. The van der Waals surface area contributed by atoms with Crippen molar-refractivity contribution in [3.05, 3.63) is 16.1 Å². The van der Waals surface area contributed by atoms with Crippen LogP contribution in [0, 0.1) is 11.3 Å². The number of hydrogen-bond donors (Lipinski definition) is 4. The molecule has 3 atom stereocenters. The topological polar surface area (TPSA) is 164 Å². The SMILES string of the molecule is C[C@H](N)C(=O)NC[C@H]1NC(=O)[C@H]1CC(=O)C(=N)c1csc(CC(=O)OC(C)(C)C)n1. The maximum atomic E-state index is 12.5. The summed E-state index contributed by atoms with van der Waals surface area (Å²) in [6.07, 6.45) is -0.210. The van der Waals surface area contributed by atoms with E-state index < -0.39 is 35.4 Å². The molecule has 2 heterocycles. The molecule has 1 fully saturated rings. The van der Waals surface area contributed by atoms with E-state index >= 15 is 0 Å². The van der Waals surface area contributed by atoms with E-state index in [1.807, 2.05) is 0 Å². The Balaban J connectivity index is 1.90. The molecule has 0 saturated carbocycles. The number of nitrogens with one attached hydrogen (secondary N) is 3. The van der Waals surface area contributed by atoms with Crippen molar-refractivity contribution in [2.75, 3.05) is 6.54 Å². The largest absolute Gasteiger partial charge is 0.460 e. The maximum Gasteiger partial charge on any atom is 0.313 e. The number of Topliss-reactive ketones (excluding diaryl/α,β-unsaturated/α-hetero) is 1. The Bertz CT molecular complexity index is 858. The lowest BCUT2D eigenvalue weighted by atomic mass is 9.84. The van der Waals surface area contributed by atoms with Gasteiger partial charge in [-0.25, -0.2) is 4.98 Å². The summed E-state index contributed by atoms with van der Waals surface area (Å²) in [5, 5.41) is 15.3. The first-order valence-corrected chi connectivity index (χ1v) is 10.4. The van der Waals surface area contributed by atoms with Gasteiger partial charge in [0, 0.05) is 18.3 Å². The summed E-state index contributed by atoms with van der Waals surface area (Å²) in [6, 6.07) is -1.07. The number of esters is 1. The standard InChI is InChI=1S/C19H27N5O5S/c1-9(20)17(27)22-7-11-10(18(28)24-11)5-13(25)16(21)12-8-30-14(23-12)6-15(26)29-19(2,3)4/h8-11,21H,5-7,20H2,1-4H3,(H,22,27)(H,24,28)/t9-,10-,11+/m0/s1. The smallest absolute Gasteiger partial charge is 0.313 e. The molecule has 1 saturated heterocycles. The lowest BCUT2D eigenvalue weighted by Crippen LogP contribution is -2.63. The van der Waals surface area contributed by atoms with Crippen molar-refractivity contribution >= 4 is 40.6 Å². The van der Waals surface area contributed by atoms with Crippen molar-refractivity contribution in [1.29, 1.82) is 5.41 Å². The van der Waals surface area contributed by atoms with Crippen LogP contribution in [0.3, 0.4) is 0 Å². The highest BCUT2D eigenvalue weighted by atomic mass is 32.1. The fraction of sp³-hybridized carbons (Fsp3) is 0.579. The van der Waals surface area contributed by atoms with Gasteiger partial charge in [-0.05, 0) is 27.7 Å². The van der Waals surface area contributed by atoms with Crippen LogP contribution < -0.4 is 16.4 Å². The zero-order chi connectivity index (χ0) is 22.6. The van der Waals surface area contributed by atoms with Gasteiger partial charge in [-0.3, -0.25) is 24.6 Å². The quantitative estimate of drug-likeness (QED) is 0.238. The van der Waals surface area contributed by atoms with Gasteiger partial charge in [0.1, 0.15) is 22.0 Å². The Hall–Kier alpha value is -2.66. The highest BCUT2D eigenvalue weighted by molar-refractivity contribution is 7.10. The summed E-state index contributed by atoms with van der Waals surface area (Å²) in [7, 11) is 0. The van der Waals surface area contributed by atoms with Crippen molar-refractivity contribution in [2.24, 2.45) is 11.7 Å². The zero-order valence-corrected chi connectivity index (χ0v) is 18.2. The minimum absolute atomic E-state index is 0.0459. The van der Waals surface area contributed by atoms with Crippen LogP contribution in [-0.4, -0.2) is 58.5 Å². The van der Waals surface area contributed by atoms with E-state index in [4.69, 9.17) is 15.9 Å². The average molecular weight is 438 g/mol. The van der Waals surface area contributed by atoms with Crippen molar-refractivity contribution in [3.63, 3.8) is 0 Å². The van der Waals surface area contributed by atoms with Gasteiger partial charge in [-0.2, -0.15) is 0 Å². The van der Waals surface area contributed by atoms with Crippen LogP contribution >= 0.6 is 11.3 Å². The fourth-order valence-electron chi connectivity index (χ4n) is 2.73. The molecule has 0 aliphatic carbocycles. The monoisotopic (exact) mass is 437 g/mol. The zero-order valence-electron chi connectivity index (χ0n) is 17.4. The number of thiazole rings is 1. The third-order valence-corrected chi connectivity index (χ3v) is 5.12. The molecule has 30 heavy (non-hydrogen) atoms. The van der Waals surface area contributed by atoms with Crippen LogP contribution in [0.4, 0.5) is 0 Å². The molecular weight excluding hydrogens is 410 g/mol. The molecular formula is C19H27N5O5S. The van der Waals surface area contributed by atoms with Gasteiger partial charge in [0.25, 0.3) is 0 Å². The summed E-state index contributed by atoms with van der Waals surface area (Å²) in [4.78, 5) is 51.9. The van der Waals surface area contributed by atoms with Crippen LogP contribution in [0.2, 0.25) is 0 Å². The summed E-state index contributed by atoms with van der Waals surface area (Å²) < 4.78 is 5.24. The second-order valence-corrected chi connectivity index (χ2v) is 9.09. The number of ether oxygens (including phenoxy) is 1. The summed E-state index contributed by atoms with van der Waals surface area (Å²) in [6.45, 7) is 6.99. The van der Waals surface area contributed by atoms with E-state index in [1.165, 1.54) is 5.38 Å². The number of β-lactam (4-membered cyclic amide) rings is 1. The number of ketones is 1. The van der Waals surface area contributed by atoms with Crippen LogP contribution in [0.15, 0.2) is 5.38 Å². The lowest BCUT2D eigenvalue weighted by Gasteiger charge is -2.36. The van der Waals surface area contributed by atoms with Gasteiger partial charge in [0.2, 0.25) is 11.8 Å². The third-order valence-electron chi connectivity index (χ3n) is 4.27. The molecule has 11 heteroatoms. The molecule has 2 amide bonds. The van der Waals surface area contributed by atoms with E-state index in [-0.39, 0.29) is 42.6 Å². The number of amides is 2. The minimum atomic E-state index is -0.673. The third kappa shape index (κ3) is 6.42. The number of nitrogens with two attached hydrogens (primary N) is 1. The van der Waals surface area contributed by atoms with Crippen molar-refractivity contribution in [3.8, 4) is 0 Å². The van der Waals surface area contributed by atoms with Gasteiger partial charge in [0.15, 0.2) is 5.78 Å². The Kier molecular flexibility index (Phi) is 7.43. The highest BCUT2D eigenvalue weighted by Gasteiger charge is 2.41. The Morgan fingerprint density at radius 3 is 2.63 bits per heavy atom. The van der Waals surface area contributed by atoms with E-state index in [9.17, 15) is 19.2 Å². The second kappa shape index (κ2) is 9.43. The molecule has 1 aromatic heterocycles. The van der Waals surface area contributed by atoms with E-state index in [0.717, 1.165) is 11.3 Å². The predicted octanol–water partition coefficient (Wildman–Crippen LogP) is -0.0676. The first-order chi connectivity index (χ1) is 13.9. The summed E-state index contributed by atoms with van der Waals surface area (Å²) >= 11 is 1.16. The molecule has 1 aliphatic heterocycles. The summed E-state index contributed by atoms with van der Waals surface area (Å²) in [5.74, 6) is -2.27. The second-order valence-electron chi connectivity index (χ2n) is 8.15. The van der Waals surface area contributed by atoms with Gasteiger partial charge in [0.05, 0.1) is 24.4 Å². The van der Waals surface area contributed by atoms with Crippen molar-refractivity contribution in [2.45, 2.75) is 58.2 Å². The molecule has 10 nitrogen and oxygen atoms in total. The molecule has 1 aromatic rings. The first kappa shape index (κ1) is 23.6. The first-order valence-electron chi connectivity index (χ1n) is 9.49. The number of nitrogens with zero attached hydrogens (tertiary/aromatic N) is 1. The minimum Gasteiger partial charge on any atom is -0.460 e. The number of carbonyl (C=O) groups excluding carboxylic acids is 4. The molecule has 0 bridgehead atoms. The highest BCUT2D eigenvalue weighted by Crippen LogP contribution is 2.21. The number of rotatable bonds is 9. The molecule has 0 aromatic carbocycles. The van der Waals surface area contributed by atoms with Crippen LogP contribution in [-0.2, 0) is 30.3 Å². The van der Waals surface area contributed by atoms with E-state index in [2.05, 4.69) is 15.6 Å². The van der Waals surface area contributed by atoms with E-state index in [0.29, 0.717) is 5.01 Å². The fourth-order valence-corrected chi connectivity index (χ4v) is 3.50. The van der Waals surface area contributed by atoms with Crippen LogP contribution in [0.5, 0.6) is 0 Å². The van der Waals surface area contributed by atoms with Gasteiger partial charge < -0.3 is 21.1 Å². The molecule has 5 N–H and O–H groups in total. The van der Waals surface area contributed by atoms with Gasteiger partial charge in [-0.15, -0.1) is 11.3 Å². The maximum absolute atomic E-state index is 12.5. The number of aromatic nitrogens is 1. The molecule has 2 rings (SSSR count). The Morgan fingerprint density at radius 1 is 1.40 bits per heavy atom. The summed E-state index contributed by atoms with van der Waals surface area (Å²) in [5.41, 5.74) is 4.70. The van der Waals surface area contributed by atoms with Gasteiger partial charge >= 0.3 is 5.97 Å². The Morgan fingerprint density at radius 2 is 2.07 bits per heavy atom. The molecule has 164 valence electrons. The van der Waals surface area contributed by atoms with Crippen LogP contribution in [0.25, 0.3) is 0 Å². The molecule has 1 aliphatic rings. The van der Waals surface area contributed by atoms with E-state index in [1.54, 1.807) is 27.7 Å². The lowest BCUT2D eigenvalue weighted by molar-refractivity contribution is -0.154. The number of hydrogen-bond acceptors (Lipinski definition) is 9. The molecule has 0 spiro atoms. The Labute approximate surface area is 178 Å². The van der Waals surface area contributed by atoms with Crippen molar-refractivity contribution < 1.29 is 23.9 Å². The molecule has 0 radical (unpaired) electrons. The van der Waals surface area contributed by atoms with Gasteiger partial charge in [-0.1, -0.05) is 0 Å². The normalized spacial score (nSPS) is 19.3. The van der Waals surface area contributed by atoms with Crippen LogP contribution in [0.1, 0.15) is 44.8 Å². The predicted molar refractivity (Wildman–Crippen MR) is 110 cm³/mol.